The number of carbonyl (C=O) groups excluding carboxylic acids is 1. The van der Waals surface area contributed by atoms with Gasteiger partial charge in [-0.1, -0.05) is 13.8 Å². The molecule has 1 aliphatic carbocycles. The van der Waals surface area contributed by atoms with Crippen molar-refractivity contribution in [1.29, 1.82) is 0 Å². The van der Waals surface area contributed by atoms with Crippen molar-refractivity contribution in [3.05, 3.63) is 0 Å². The summed E-state index contributed by atoms with van der Waals surface area (Å²) >= 11 is 0. The van der Waals surface area contributed by atoms with Crippen molar-refractivity contribution in [2.24, 2.45) is 5.92 Å². The van der Waals surface area contributed by atoms with Crippen molar-refractivity contribution in [2.45, 2.75) is 52.1 Å². The van der Waals surface area contributed by atoms with Crippen LogP contribution in [0.5, 0.6) is 0 Å². The maximum atomic E-state index is 10.9. The Bertz CT molecular complexity index is 171. The molecule has 0 heterocycles. The first-order valence-electron chi connectivity index (χ1n) is 4.80. The highest BCUT2D eigenvalue weighted by Gasteiger charge is 2.44. The van der Waals surface area contributed by atoms with Crippen LogP contribution in [0.4, 0.5) is 0 Å². The summed E-state index contributed by atoms with van der Waals surface area (Å²) in [6.07, 6.45) is 4.41. The van der Waals surface area contributed by atoms with E-state index in [-0.39, 0.29) is 11.6 Å². The lowest BCUT2D eigenvalue weighted by molar-refractivity contribution is -0.176. The van der Waals surface area contributed by atoms with Crippen LogP contribution in [-0.4, -0.2) is 11.6 Å². The summed E-state index contributed by atoms with van der Waals surface area (Å²) in [5.41, 5.74) is -0.0966. The standard InChI is InChI=1S/C10H18O2/c1-4-8(2)10(6-5-7-10)12-9(3)11/h8H,4-7H2,1-3H3. The number of carbonyl (C=O) groups is 1. The van der Waals surface area contributed by atoms with Crippen LogP contribution >= 0.6 is 0 Å². The Kier molecular flexibility index (Phi) is 2.76. The van der Waals surface area contributed by atoms with Crippen molar-refractivity contribution in [2.75, 3.05) is 0 Å². The molecule has 0 aromatic carbocycles. The quantitative estimate of drug-likeness (QED) is 0.608. The Labute approximate surface area is 74.3 Å². The molecule has 1 saturated carbocycles. The number of esters is 1. The fourth-order valence-corrected chi connectivity index (χ4v) is 1.88. The van der Waals surface area contributed by atoms with Gasteiger partial charge in [-0.25, -0.2) is 0 Å². The molecular formula is C10H18O2. The van der Waals surface area contributed by atoms with E-state index in [0.717, 1.165) is 19.3 Å². The van der Waals surface area contributed by atoms with E-state index in [1.165, 1.54) is 13.3 Å². The van der Waals surface area contributed by atoms with Crippen LogP contribution in [0.15, 0.2) is 0 Å². The average Bonchev–Trinajstić information content (AvgIpc) is 1.95. The van der Waals surface area contributed by atoms with Gasteiger partial charge in [0, 0.05) is 6.92 Å². The van der Waals surface area contributed by atoms with E-state index in [1.807, 2.05) is 0 Å². The van der Waals surface area contributed by atoms with Gasteiger partial charge in [-0.3, -0.25) is 4.79 Å². The summed E-state index contributed by atoms with van der Waals surface area (Å²) in [6.45, 7) is 5.82. The van der Waals surface area contributed by atoms with Gasteiger partial charge in [0.2, 0.25) is 0 Å². The van der Waals surface area contributed by atoms with Gasteiger partial charge >= 0.3 is 5.97 Å². The number of hydrogen-bond acceptors (Lipinski definition) is 2. The van der Waals surface area contributed by atoms with Gasteiger partial charge in [-0.05, 0) is 31.6 Å². The SMILES string of the molecule is CCC(C)C1(OC(C)=O)CCC1. The minimum atomic E-state index is -0.130. The lowest BCUT2D eigenvalue weighted by atomic mass is 9.70. The van der Waals surface area contributed by atoms with Crippen LogP contribution in [0.3, 0.4) is 0 Å². The summed E-state index contributed by atoms with van der Waals surface area (Å²) in [4.78, 5) is 10.9. The van der Waals surface area contributed by atoms with Crippen LogP contribution in [-0.2, 0) is 9.53 Å². The van der Waals surface area contributed by atoms with Crippen LogP contribution in [0, 0.1) is 5.92 Å². The molecule has 1 aliphatic rings. The molecule has 0 radical (unpaired) electrons. The average molecular weight is 170 g/mol. The second-order valence-corrected chi connectivity index (χ2v) is 3.82. The topological polar surface area (TPSA) is 26.3 Å². The van der Waals surface area contributed by atoms with Gasteiger partial charge in [-0.15, -0.1) is 0 Å². The first-order valence-corrected chi connectivity index (χ1v) is 4.80. The van der Waals surface area contributed by atoms with E-state index in [9.17, 15) is 4.79 Å². The minimum Gasteiger partial charge on any atom is -0.459 e. The zero-order valence-corrected chi connectivity index (χ0v) is 8.22. The van der Waals surface area contributed by atoms with Gasteiger partial charge in [0.1, 0.15) is 5.60 Å². The summed E-state index contributed by atoms with van der Waals surface area (Å²) in [7, 11) is 0. The van der Waals surface area contributed by atoms with Crippen molar-refractivity contribution >= 4 is 5.97 Å². The molecule has 0 aromatic heterocycles. The molecule has 2 heteroatoms. The van der Waals surface area contributed by atoms with E-state index < -0.39 is 0 Å². The van der Waals surface area contributed by atoms with Gasteiger partial charge in [0.05, 0.1) is 0 Å². The monoisotopic (exact) mass is 170 g/mol. The van der Waals surface area contributed by atoms with E-state index in [2.05, 4.69) is 13.8 Å². The smallest absolute Gasteiger partial charge is 0.303 e. The van der Waals surface area contributed by atoms with Crippen LogP contribution in [0.25, 0.3) is 0 Å². The lowest BCUT2D eigenvalue weighted by Gasteiger charge is -2.45. The third kappa shape index (κ3) is 1.62. The summed E-state index contributed by atoms with van der Waals surface area (Å²) in [5, 5.41) is 0. The molecule has 0 N–H and O–H groups in total. The maximum absolute atomic E-state index is 10.9. The summed E-state index contributed by atoms with van der Waals surface area (Å²) in [6, 6.07) is 0. The highest BCUT2D eigenvalue weighted by atomic mass is 16.6. The van der Waals surface area contributed by atoms with Gasteiger partial charge in [0.25, 0.3) is 0 Å². The fraction of sp³-hybridized carbons (Fsp3) is 0.900. The molecule has 1 unspecified atom stereocenters. The second kappa shape index (κ2) is 3.46. The Morgan fingerprint density at radius 2 is 2.17 bits per heavy atom. The first-order chi connectivity index (χ1) is 5.60. The molecule has 70 valence electrons. The second-order valence-electron chi connectivity index (χ2n) is 3.82. The zero-order valence-electron chi connectivity index (χ0n) is 8.22. The van der Waals surface area contributed by atoms with E-state index in [0.29, 0.717) is 5.92 Å². The largest absolute Gasteiger partial charge is 0.459 e. The molecule has 0 amide bonds. The van der Waals surface area contributed by atoms with E-state index in [4.69, 9.17) is 4.74 Å². The van der Waals surface area contributed by atoms with Crippen LogP contribution in [0.2, 0.25) is 0 Å². The Balaban J connectivity index is 2.56. The van der Waals surface area contributed by atoms with Gasteiger partial charge < -0.3 is 4.74 Å². The lowest BCUT2D eigenvalue weighted by Crippen LogP contribution is -2.47. The van der Waals surface area contributed by atoms with Gasteiger partial charge in [0.15, 0.2) is 0 Å². The minimum absolute atomic E-state index is 0.0966. The Hall–Kier alpha value is -0.530. The Morgan fingerprint density at radius 3 is 2.42 bits per heavy atom. The normalized spacial score (nSPS) is 22.6. The highest BCUT2D eigenvalue weighted by molar-refractivity contribution is 5.66. The molecule has 0 bridgehead atoms. The molecule has 1 rings (SSSR count). The van der Waals surface area contributed by atoms with Crippen LogP contribution in [0.1, 0.15) is 46.5 Å². The molecule has 0 aliphatic heterocycles. The predicted octanol–water partition coefficient (Wildman–Crippen LogP) is 2.52. The predicted molar refractivity (Wildman–Crippen MR) is 47.8 cm³/mol. The number of rotatable bonds is 3. The maximum Gasteiger partial charge on any atom is 0.303 e. The van der Waals surface area contributed by atoms with Gasteiger partial charge in [-0.2, -0.15) is 0 Å². The van der Waals surface area contributed by atoms with Crippen LogP contribution < -0.4 is 0 Å². The molecule has 0 aromatic rings. The summed E-state index contributed by atoms with van der Waals surface area (Å²) < 4.78 is 5.39. The van der Waals surface area contributed by atoms with E-state index >= 15 is 0 Å². The molecule has 1 atom stereocenters. The molecular weight excluding hydrogens is 152 g/mol. The van der Waals surface area contributed by atoms with Crippen molar-refractivity contribution in [1.82, 2.24) is 0 Å². The molecule has 0 spiro atoms. The number of hydrogen-bond donors (Lipinski definition) is 0. The van der Waals surface area contributed by atoms with Crippen molar-refractivity contribution in [3.63, 3.8) is 0 Å². The number of ether oxygens (including phenoxy) is 1. The molecule has 0 saturated heterocycles. The summed E-state index contributed by atoms with van der Waals surface area (Å²) in [5.74, 6) is 0.380. The highest BCUT2D eigenvalue weighted by Crippen LogP contribution is 2.43. The van der Waals surface area contributed by atoms with E-state index in [1.54, 1.807) is 0 Å². The molecule has 12 heavy (non-hydrogen) atoms. The third-order valence-corrected chi connectivity index (χ3v) is 3.06. The Morgan fingerprint density at radius 1 is 1.58 bits per heavy atom. The molecule has 1 fully saturated rings. The first kappa shape index (κ1) is 9.56. The molecule has 2 nitrogen and oxygen atoms in total. The third-order valence-electron chi connectivity index (χ3n) is 3.06. The fourth-order valence-electron chi connectivity index (χ4n) is 1.88. The van der Waals surface area contributed by atoms with Crippen molar-refractivity contribution < 1.29 is 9.53 Å². The van der Waals surface area contributed by atoms with Crippen molar-refractivity contribution in [3.8, 4) is 0 Å². The zero-order chi connectivity index (χ0) is 9.19.